The van der Waals surface area contributed by atoms with E-state index in [0.717, 1.165) is 18.9 Å². The molecule has 2 unspecified atom stereocenters. The molecule has 1 N–H and O–H groups in total. The summed E-state index contributed by atoms with van der Waals surface area (Å²) in [6.07, 6.45) is 6.35. The molecule has 19 heavy (non-hydrogen) atoms. The number of aryl methyl sites for hydroxylation is 1. The Hall–Kier alpha value is -0.820. The van der Waals surface area contributed by atoms with Crippen molar-refractivity contribution in [2.24, 2.45) is 5.92 Å². The van der Waals surface area contributed by atoms with E-state index in [1.54, 1.807) is 0 Å². The number of hydrogen-bond donors (Lipinski definition) is 1. The van der Waals surface area contributed by atoms with E-state index in [9.17, 15) is 0 Å². The molecule has 108 valence electrons. The molecule has 0 aromatic heterocycles. The molecule has 0 aliphatic rings. The van der Waals surface area contributed by atoms with Crippen molar-refractivity contribution in [3.63, 3.8) is 0 Å². The molecule has 1 rings (SSSR count). The second-order valence-electron chi connectivity index (χ2n) is 5.44. The fourth-order valence-electron chi connectivity index (χ4n) is 2.81. The van der Waals surface area contributed by atoms with Gasteiger partial charge in [-0.2, -0.15) is 0 Å². The molecule has 0 aliphatic carbocycles. The van der Waals surface area contributed by atoms with E-state index in [2.05, 4.69) is 57.3 Å². The van der Waals surface area contributed by atoms with E-state index < -0.39 is 0 Å². The minimum atomic E-state index is 0.521. The summed E-state index contributed by atoms with van der Waals surface area (Å²) in [6.45, 7) is 10.1. The van der Waals surface area contributed by atoms with Crippen molar-refractivity contribution in [2.75, 3.05) is 6.54 Å². The average molecular weight is 261 g/mol. The van der Waals surface area contributed by atoms with Crippen molar-refractivity contribution in [2.45, 2.75) is 65.8 Å². The van der Waals surface area contributed by atoms with Gasteiger partial charge in [0.25, 0.3) is 0 Å². The van der Waals surface area contributed by atoms with Gasteiger partial charge in [-0.15, -0.1) is 0 Å². The van der Waals surface area contributed by atoms with E-state index in [-0.39, 0.29) is 0 Å². The minimum Gasteiger partial charge on any atom is -0.310 e. The highest BCUT2D eigenvalue weighted by atomic mass is 14.9. The second-order valence-corrected chi connectivity index (χ2v) is 5.44. The molecule has 1 heteroatoms. The number of hydrogen-bond acceptors (Lipinski definition) is 1. The van der Waals surface area contributed by atoms with E-state index in [4.69, 9.17) is 0 Å². The summed E-state index contributed by atoms with van der Waals surface area (Å²) in [5, 5.41) is 3.70. The van der Waals surface area contributed by atoms with Crippen molar-refractivity contribution in [1.82, 2.24) is 5.32 Å². The lowest BCUT2D eigenvalue weighted by molar-refractivity contribution is 0.328. The molecule has 0 radical (unpaired) electrons. The maximum absolute atomic E-state index is 3.70. The van der Waals surface area contributed by atoms with Gasteiger partial charge < -0.3 is 5.32 Å². The lowest BCUT2D eigenvalue weighted by Crippen LogP contribution is -2.28. The topological polar surface area (TPSA) is 12.0 Å². The molecular weight excluding hydrogens is 230 g/mol. The van der Waals surface area contributed by atoms with Gasteiger partial charge in [-0.05, 0) is 36.4 Å². The summed E-state index contributed by atoms with van der Waals surface area (Å²) in [5.74, 6) is 0.757. The van der Waals surface area contributed by atoms with Crippen LogP contribution in [-0.2, 0) is 6.42 Å². The Morgan fingerprint density at radius 3 is 2.16 bits per heavy atom. The zero-order chi connectivity index (χ0) is 14.1. The Morgan fingerprint density at radius 1 is 1.00 bits per heavy atom. The molecule has 0 spiro atoms. The molecule has 1 aromatic rings. The summed E-state index contributed by atoms with van der Waals surface area (Å²) in [7, 11) is 0. The Kier molecular flexibility index (Phi) is 7.81. The van der Waals surface area contributed by atoms with Crippen LogP contribution in [-0.4, -0.2) is 6.54 Å². The van der Waals surface area contributed by atoms with Crippen molar-refractivity contribution in [1.29, 1.82) is 0 Å². The maximum atomic E-state index is 3.70. The molecule has 0 aliphatic heterocycles. The van der Waals surface area contributed by atoms with Crippen LogP contribution in [0, 0.1) is 5.92 Å². The summed E-state index contributed by atoms with van der Waals surface area (Å²) < 4.78 is 0. The Labute approximate surface area is 119 Å². The molecule has 0 saturated heterocycles. The number of rotatable bonds is 9. The summed E-state index contributed by atoms with van der Waals surface area (Å²) in [4.78, 5) is 0. The Morgan fingerprint density at radius 2 is 1.68 bits per heavy atom. The molecule has 0 fully saturated rings. The molecule has 0 amide bonds. The third-order valence-electron chi connectivity index (χ3n) is 4.10. The van der Waals surface area contributed by atoms with Gasteiger partial charge in [-0.3, -0.25) is 0 Å². The second kappa shape index (κ2) is 9.14. The Balaban J connectivity index is 2.83. The molecular formula is C18H31N. The van der Waals surface area contributed by atoms with E-state index >= 15 is 0 Å². The lowest BCUT2D eigenvalue weighted by Gasteiger charge is -2.27. The van der Waals surface area contributed by atoms with Crippen LogP contribution >= 0.6 is 0 Å². The first-order chi connectivity index (χ1) is 9.26. The van der Waals surface area contributed by atoms with Crippen molar-refractivity contribution < 1.29 is 0 Å². The van der Waals surface area contributed by atoms with E-state index in [0.29, 0.717) is 6.04 Å². The number of unbranched alkanes of at least 4 members (excludes halogenated alkanes) is 1. The highest BCUT2D eigenvalue weighted by Gasteiger charge is 2.20. The quantitative estimate of drug-likeness (QED) is 0.651. The van der Waals surface area contributed by atoms with Gasteiger partial charge in [0.15, 0.2) is 0 Å². The van der Waals surface area contributed by atoms with Gasteiger partial charge in [0.05, 0.1) is 0 Å². The van der Waals surface area contributed by atoms with Crippen LogP contribution in [0.3, 0.4) is 0 Å². The van der Waals surface area contributed by atoms with Crippen LogP contribution < -0.4 is 5.32 Å². The van der Waals surface area contributed by atoms with Crippen LogP contribution in [0.4, 0.5) is 0 Å². The predicted molar refractivity (Wildman–Crippen MR) is 85.5 cm³/mol. The summed E-state index contributed by atoms with van der Waals surface area (Å²) >= 11 is 0. The predicted octanol–water partition coefficient (Wildman–Crippen LogP) is 5.12. The van der Waals surface area contributed by atoms with Gasteiger partial charge in [0.1, 0.15) is 0 Å². The molecule has 1 aromatic carbocycles. The standard InChI is InChI=1S/C18H31N/c1-5-9-10-16(7-3)18(19-8-4)17-13-11-15(6-2)12-14-17/h11-14,16,18-19H,5-10H2,1-4H3. The maximum Gasteiger partial charge on any atom is 0.0348 e. The van der Waals surface area contributed by atoms with E-state index in [1.165, 1.54) is 36.8 Å². The fourth-order valence-corrected chi connectivity index (χ4v) is 2.81. The largest absolute Gasteiger partial charge is 0.310 e. The molecule has 0 bridgehead atoms. The Bertz CT molecular complexity index is 328. The minimum absolute atomic E-state index is 0.521. The van der Waals surface area contributed by atoms with Crippen LogP contribution in [0.15, 0.2) is 24.3 Å². The molecule has 0 heterocycles. The number of benzene rings is 1. The third kappa shape index (κ3) is 4.99. The smallest absolute Gasteiger partial charge is 0.0348 e. The zero-order valence-electron chi connectivity index (χ0n) is 13.2. The first-order valence-electron chi connectivity index (χ1n) is 8.08. The third-order valence-corrected chi connectivity index (χ3v) is 4.10. The summed E-state index contributed by atoms with van der Waals surface area (Å²) in [6, 6.07) is 9.73. The van der Waals surface area contributed by atoms with Gasteiger partial charge in [0.2, 0.25) is 0 Å². The van der Waals surface area contributed by atoms with Crippen LogP contribution in [0.2, 0.25) is 0 Å². The summed E-state index contributed by atoms with van der Waals surface area (Å²) in [5.41, 5.74) is 2.89. The number of nitrogens with one attached hydrogen (secondary N) is 1. The van der Waals surface area contributed by atoms with Crippen molar-refractivity contribution in [3.8, 4) is 0 Å². The lowest BCUT2D eigenvalue weighted by atomic mass is 9.86. The average Bonchev–Trinajstić information content (AvgIpc) is 2.47. The van der Waals surface area contributed by atoms with Crippen molar-refractivity contribution in [3.05, 3.63) is 35.4 Å². The van der Waals surface area contributed by atoms with Crippen LogP contribution in [0.25, 0.3) is 0 Å². The monoisotopic (exact) mass is 261 g/mol. The molecule has 1 nitrogen and oxygen atoms in total. The normalized spacial score (nSPS) is 14.3. The fraction of sp³-hybridized carbons (Fsp3) is 0.667. The van der Waals surface area contributed by atoms with Gasteiger partial charge in [-0.1, -0.05) is 71.2 Å². The SMILES string of the molecule is CCCCC(CC)C(NCC)c1ccc(CC)cc1. The van der Waals surface area contributed by atoms with Gasteiger partial charge >= 0.3 is 0 Å². The van der Waals surface area contributed by atoms with Crippen molar-refractivity contribution >= 4 is 0 Å². The van der Waals surface area contributed by atoms with E-state index in [1.807, 2.05) is 0 Å². The van der Waals surface area contributed by atoms with Gasteiger partial charge in [0, 0.05) is 6.04 Å². The van der Waals surface area contributed by atoms with Crippen LogP contribution in [0.1, 0.15) is 70.5 Å². The first-order valence-corrected chi connectivity index (χ1v) is 8.08. The van der Waals surface area contributed by atoms with Gasteiger partial charge in [-0.25, -0.2) is 0 Å². The van der Waals surface area contributed by atoms with Crippen LogP contribution in [0.5, 0.6) is 0 Å². The highest BCUT2D eigenvalue weighted by molar-refractivity contribution is 5.25. The first kappa shape index (κ1) is 16.2. The zero-order valence-corrected chi connectivity index (χ0v) is 13.2. The highest BCUT2D eigenvalue weighted by Crippen LogP contribution is 2.29. The molecule has 0 saturated carbocycles. The molecule has 2 atom stereocenters.